The van der Waals surface area contributed by atoms with Gasteiger partial charge in [0.05, 0.1) is 0 Å². The highest BCUT2D eigenvalue weighted by Gasteiger charge is 2.27. The molecule has 1 aliphatic carbocycles. The Labute approximate surface area is 123 Å². The summed E-state index contributed by atoms with van der Waals surface area (Å²) in [6.45, 7) is 7.05. The van der Waals surface area contributed by atoms with Gasteiger partial charge in [0.15, 0.2) is 0 Å². The SMILES string of the molecule is CCCN(Cc1ccccc1C1CC1)C1CCCNC1. The standard InChI is InChI=1S/C18H28N2/c1-2-12-20(17-7-5-11-19-13-17)14-16-6-3-4-8-18(16)15-9-10-15/h3-4,6,8,15,17,19H,2,5,7,9-14H2,1H3. The summed E-state index contributed by atoms with van der Waals surface area (Å²) in [6, 6.07) is 9.87. The minimum absolute atomic E-state index is 0.732. The molecule has 2 heteroatoms. The lowest BCUT2D eigenvalue weighted by Gasteiger charge is -2.35. The van der Waals surface area contributed by atoms with E-state index in [1.807, 2.05) is 0 Å². The second-order valence-corrected chi connectivity index (χ2v) is 6.44. The summed E-state index contributed by atoms with van der Waals surface area (Å²) < 4.78 is 0. The molecular weight excluding hydrogens is 244 g/mol. The molecule has 1 aliphatic heterocycles. The van der Waals surface area contributed by atoms with Gasteiger partial charge in [-0.05, 0) is 62.2 Å². The molecule has 1 atom stereocenters. The Morgan fingerprint density at radius 1 is 1.20 bits per heavy atom. The molecule has 0 spiro atoms. The zero-order valence-electron chi connectivity index (χ0n) is 12.8. The third-order valence-corrected chi connectivity index (χ3v) is 4.74. The van der Waals surface area contributed by atoms with E-state index in [2.05, 4.69) is 41.4 Å². The Morgan fingerprint density at radius 2 is 2.05 bits per heavy atom. The van der Waals surface area contributed by atoms with Crippen LogP contribution < -0.4 is 5.32 Å². The molecule has 2 fully saturated rings. The van der Waals surface area contributed by atoms with Crippen LogP contribution in [0.1, 0.15) is 56.1 Å². The lowest BCUT2D eigenvalue weighted by Crippen LogP contribution is -2.46. The number of hydrogen-bond acceptors (Lipinski definition) is 2. The minimum atomic E-state index is 0.732. The van der Waals surface area contributed by atoms with Gasteiger partial charge < -0.3 is 5.32 Å². The van der Waals surface area contributed by atoms with E-state index >= 15 is 0 Å². The molecule has 2 aliphatic rings. The molecule has 20 heavy (non-hydrogen) atoms. The van der Waals surface area contributed by atoms with E-state index in [0.717, 1.165) is 18.5 Å². The summed E-state index contributed by atoms with van der Waals surface area (Å²) in [5.74, 6) is 0.860. The van der Waals surface area contributed by atoms with Crippen LogP contribution >= 0.6 is 0 Å². The van der Waals surface area contributed by atoms with Crippen molar-refractivity contribution in [1.82, 2.24) is 10.2 Å². The van der Waals surface area contributed by atoms with Crippen LogP contribution in [-0.4, -0.2) is 30.6 Å². The predicted octanol–water partition coefficient (Wildman–Crippen LogP) is 3.53. The molecule has 0 radical (unpaired) electrons. The first-order chi connectivity index (χ1) is 9.88. The molecule has 1 aromatic rings. The van der Waals surface area contributed by atoms with E-state index in [4.69, 9.17) is 0 Å². The van der Waals surface area contributed by atoms with Gasteiger partial charge in [-0.2, -0.15) is 0 Å². The van der Waals surface area contributed by atoms with Gasteiger partial charge in [-0.1, -0.05) is 31.2 Å². The Morgan fingerprint density at radius 3 is 2.75 bits per heavy atom. The summed E-state index contributed by atoms with van der Waals surface area (Å²) in [4.78, 5) is 2.72. The Bertz CT molecular complexity index is 419. The van der Waals surface area contributed by atoms with Crippen molar-refractivity contribution in [3.05, 3.63) is 35.4 Å². The molecule has 0 bridgehead atoms. The molecule has 3 rings (SSSR count). The molecule has 1 N–H and O–H groups in total. The smallest absolute Gasteiger partial charge is 0.0240 e. The van der Waals surface area contributed by atoms with Crippen molar-refractivity contribution in [2.45, 2.75) is 57.5 Å². The van der Waals surface area contributed by atoms with Crippen molar-refractivity contribution < 1.29 is 0 Å². The summed E-state index contributed by atoms with van der Waals surface area (Å²) in [5, 5.41) is 3.57. The lowest BCUT2D eigenvalue weighted by atomic mass is 10.00. The highest BCUT2D eigenvalue weighted by Crippen LogP contribution is 2.41. The van der Waals surface area contributed by atoms with Gasteiger partial charge in [0.2, 0.25) is 0 Å². The van der Waals surface area contributed by atoms with Crippen molar-refractivity contribution in [2.24, 2.45) is 0 Å². The molecule has 1 saturated heterocycles. The first-order valence-electron chi connectivity index (χ1n) is 8.41. The van der Waals surface area contributed by atoms with Crippen LogP contribution in [0.15, 0.2) is 24.3 Å². The van der Waals surface area contributed by atoms with E-state index in [0.29, 0.717) is 0 Å². The van der Waals surface area contributed by atoms with E-state index < -0.39 is 0 Å². The molecule has 2 nitrogen and oxygen atoms in total. The molecule has 1 saturated carbocycles. The van der Waals surface area contributed by atoms with Crippen LogP contribution in [0, 0.1) is 0 Å². The van der Waals surface area contributed by atoms with E-state index in [1.54, 1.807) is 11.1 Å². The fraction of sp³-hybridized carbons (Fsp3) is 0.667. The van der Waals surface area contributed by atoms with Gasteiger partial charge in [0.25, 0.3) is 0 Å². The molecule has 0 aromatic heterocycles. The van der Waals surface area contributed by atoms with Gasteiger partial charge >= 0.3 is 0 Å². The maximum Gasteiger partial charge on any atom is 0.0240 e. The van der Waals surface area contributed by atoms with Gasteiger partial charge in [-0.25, -0.2) is 0 Å². The molecule has 1 unspecified atom stereocenters. The van der Waals surface area contributed by atoms with Crippen molar-refractivity contribution in [1.29, 1.82) is 0 Å². The van der Waals surface area contributed by atoms with Gasteiger partial charge in [0, 0.05) is 19.1 Å². The van der Waals surface area contributed by atoms with Gasteiger partial charge in [-0.15, -0.1) is 0 Å². The number of rotatable bonds is 6. The zero-order chi connectivity index (χ0) is 13.8. The Balaban J connectivity index is 1.72. The Kier molecular flexibility index (Phi) is 4.74. The zero-order valence-corrected chi connectivity index (χ0v) is 12.8. The highest BCUT2D eigenvalue weighted by atomic mass is 15.2. The van der Waals surface area contributed by atoms with Crippen molar-refractivity contribution in [3.8, 4) is 0 Å². The lowest BCUT2D eigenvalue weighted by molar-refractivity contribution is 0.157. The molecule has 1 heterocycles. The third kappa shape index (κ3) is 3.42. The number of nitrogens with zero attached hydrogens (tertiary/aromatic N) is 1. The van der Waals surface area contributed by atoms with Crippen molar-refractivity contribution in [3.63, 3.8) is 0 Å². The molecule has 0 amide bonds. The fourth-order valence-corrected chi connectivity index (χ4v) is 3.51. The van der Waals surface area contributed by atoms with Crippen LogP contribution in [0.4, 0.5) is 0 Å². The largest absolute Gasteiger partial charge is 0.315 e. The molecular formula is C18H28N2. The Hall–Kier alpha value is -0.860. The number of nitrogens with one attached hydrogen (secondary N) is 1. The number of hydrogen-bond donors (Lipinski definition) is 1. The third-order valence-electron chi connectivity index (χ3n) is 4.74. The van der Waals surface area contributed by atoms with Crippen LogP contribution in [0.2, 0.25) is 0 Å². The average molecular weight is 272 g/mol. The maximum atomic E-state index is 3.57. The normalized spacial score (nSPS) is 23.2. The summed E-state index contributed by atoms with van der Waals surface area (Å²) in [6.07, 6.45) is 6.74. The van der Waals surface area contributed by atoms with Crippen molar-refractivity contribution in [2.75, 3.05) is 19.6 Å². The van der Waals surface area contributed by atoms with Crippen molar-refractivity contribution >= 4 is 0 Å². The van der Waals surface area contributed by atoms with Crippen LogP contribution in [0.25, 0.3) is 0 Å². The topological polar surface area (TPSA) is 15.3 Å². The molecule has 110 valence electrons. The van der Waals surface area contributed by atoms with E-state index in [1.165, 1.54) is 51.7 Å². The first-order valence-corrected chi connectivity index (χ1v) is 8.41. The predicted molar refractivity (Wildman–Crippen MR) is 85.0 cm³/mol. The van der Waals surface area contributed by atoms with Gasteiger partial charge in [0.1, 0.15) is 0 Å². The number of benzene rings is 1. The van der Waals surface area contributed by atoms with E-state index in [-0.39, 0.29) is 0 Å². The average Bonchev–Trinajstić information content (AvgIpc) is 3.33. The summed E-state index contributed by atoms with van der Waals surface area (Å²) >= 11 is 0. The van der Waals surface area contributed by atoms with Crippen LogP contribution in [-0.2, 0) is 6.54 Å². The highest BCUT2D eigenvalue weighted by molar-refractivity contribution is 5.33. The van der Waals surface area contributed by atoms with E-state index in [9.17, 15) is 0 Å². The van der Waals surface area contributed by atoms with Crippen LogP contribution in [0.5, 0.6) is 0 Å². The maximum absolute atomic E-state index is 3.57. The second kappa shape index (κ2) is 6.73. The molecule has 1 aromatic carbocycles. The quantitative estimate of drug-likeness (QED) is 0.852. The summed E-state index contributed by atoms with van der Waals surface area (Å²) in [5.41, 5.74) is 3.20. The number of piperidine rings is 1. The fourth-order valence-electron chi connectivity index (χ4n) is 3.51. The van der Waals surface area contributed by atoms with Gasteiger partial charge in [-0.3, -0.25) is 4.90 Å². The monoisotopic (exact) mass is 272 g/mol. The summed E-state index contributed by atoms with van der Waals surface area (Å²) in [7, 11) is 0. The second-order valence-electron chi connectivity index (χ2n) is 6.44. The minimum Gasteiger partial charge on any atom is -0.315 e. The first kappa shape index (κ1) is 14.1. The van der Waals surface area contributed by atoms with Crippen LogP contribution in [0.3, 0.4) is 0 Å².